The van der Waals surface area contributed by atoms with Gasteiger partial charge in [-0.25, -0.2) is 0 Å². The van der Waals surface area contributed by atoms with Gasteiger partial charge in [-0.2, -0.15) is 0 Å². The Morgan fingerprint density at radius 2 is 1.33 bits per heavy atom. The summed E-state index contributed by atoms with van der Waals surface area (Å²) in [6, 6.07) is 0. The molecule has 0 spiro atoms. The molecule has 0 bridgehead atoms. The Labute approximate surface area is 110 Å². The lowest BCUT2D eigenvalue weighted by atomic mass is 9.99. The Balaban J connectivity index is 4.21. The summed E-state index contributed by atoms with van der Waals surface area (Å²) in [4.78, 5) is 23.3. The first-order valence-corrected chi connectivity index (χ1v) is 6.86. The van der Waals surface area contributed by atoms with Gasteiger partial charge in [-0.15, -0.1) is 0 Å². The molecular formula is C14H26O4. The Morgan fingerprint density at radius 3 is 1.72 bits per heavy atom. The number of hydrogen-bond donors (Lipinski definition) is 0. The first-order chi connectivity index (χ1) is 8.52. The van der Waals surface area contributed by atoms with E-state index < -0.39 is 17.9 Å². The second-order valence-electron chi connectivity index (χ2n) is 4.73. The minimum absolute atomic E-state index is 0.292. The number of carbonyl (C=O) groups is 2. The Hall–Kier alpha value is -1.06. The van der Waals surface area contributed by atoms with Crippen molar-refractivity contribution in [3.63, 3.8) is 0 Å². The van der Waals surface area contributed by atoms with Crippen LogP contribution in [0.4, 0.5) is 0 Å². The van der Waals surface area contributed by atoms with Gasteiger partial charge in [-0.05, 0) is 26.2 Å². The Morgan fingerprint density at radius 1 is 0.889 bits per heavy atom. The third-order valence-electron chi connectivity index (χ3n) is 2.67. The zero-order chi connectivity index (χ0) is 14.0. The van der Waals surface area contributed by atoms with E-state index in [1.165, 1.54) is 0 Å². The molecule has 0 fully saturated rings. The van der Waals surface area contributed by atoms with Gasteiger partial charge >= 0.3 is 11.9 Å². The molecule has 0 rings (SSSR count). The average Bonchev–Trinajstić information content (AvgIpc) is 2.28. The first-order valence-electron chi connectivity index (χ1n) is 6.86. The van der Waals surface area contributed by atoms with Crippen molar-refractivity contribution in [1.29, 1.82) is 0 Å². The normalized spacial score (nSPS) is 10.8. The average molecular weight is 258 g/mol. The highest BCUT2D eigenvalue weighted by atomic mass is 16.6. The number of esters is 2. The van der Waals surface area contributed by atoms with Crippen LogP contribution in [0, 0.1) is 11.8 Å². The van der Waals surface area contributed by atoms with Crippen LogP contribution in [0.25, 0.3) is 0 Å². The van der Waals surface area contributed by atoms with E-state index in [9.17, 15) is 9.59 Å². The minimum Gasteiger partial charge on any atom is -0.465 e. The summed E-state index contributed by atoms with van der Waals surface area (Å²) < 4.78 is 9.82. The maximum absolute atomic E-state index is 11.7. The molecule has 0 aromatic heterocycles. The maximum atomic E-state index is 11.7. The molecule has 0 N–H and O–H groups in total. The smallest absolute Gasteiger partial charge is 0.320 e. The summed E-state index contributed by atoms with van der Waals surface area (Å²) in [5.74, 6) is -1.02. The van der Waals surface area contributed by atoms with Gasteiger partial charge in [0.05, 0.1) is 13.2 Å². The van der Waals surface area contributed by atoms with Crippen LogP contribution in [-0.4, -0.2) is 25.2 Å². The van der Waals surface area contributed by atoms with Crippen molar-refractivity contribution < 1.29 is 19.1 Å². The van der Waals surface area contributed by atoms with E-state index in [0.29, 0.717) is 25.6 Å². The predicted molar refractivity (Wildman–Crippen MR) is 70.1 cm³/mol. The second-order valence-corrected chi connectivity index (χ2v) is 4.73. The zero-order valence-electron chi connectivity index (χ0n) is 12.0. The molecule has 0 aliphatic rings. The molecule has 0 aromatic carbocycles. The molecule has 0 saturated heterocycles. The van der Waals surface area contributed by atoms with Crippen molar-refractivity contribution >= 4 is 11.9 Å². The number of hydrogen-bond acceptors (Lipinski definition) is 4. The fourth-order valence-electron chi connectivity index (χ4n) is 1.72. The fraction of sp³-hybridized carbons (Fsp3) is 0.857. The Bertz CT molecular complexity index is 230. The van der Waals surface area contributed by atoms with Crippen molar-refractivity contribution in [2.75, 3.05) is 13.2 Å². The summed E-state index contributed by atoms with van der Waals surface area (Å²) in [7, 11) is 0. The van der Waals surface area contributed by atoms with E-state index in [-0.39, 0.29) is 0 Å². The molecule has 0 heterocycles. The van der Waals surface area contributed by atoms with E-state index in [1.54, 1.807) is 13.8 Å². The number of ether oxygens (including phenoxy) is 2. The molecule has 106 valence electrons. The van der Waals surface area contributed by atoms with Gasteiger partial charge in [-0.3, -0.25) is 9.59 Å². The molecule has 4 heteroatoms. The zero-order valence-corrected chi connectivity index (χ0v) is 12.0. The molecule has 0 unspecified atom stereocenters. The van der Waals surface area contributed by atoms with Gasteiger partial charge in [0.15, 0.2) is 5.92 Å². The SMILES string of the molecule is CCOC(=O)C(CCCCC(C)C)C(=O)OCC. The lowest BCUT2D eigenvalue weighted by Gasteiger charge is -2.14. The molecule has 18 heavy (non-hydrogen) atoms. The van der Waals surface area contributed by atoms with Crippen LogP contribution in [0.15, 0.2) is 0 Å². The second kappa shape index (κ2) is 9.92. The van der Waals surface area contributed by atoms with Crippen LogP contribution in [0.3, 0.4) is 0 Å². The Kier molecular flexibility index (Phi) is 9.33. The summed E-state index contributed by atoms with van der Waals surface area (Å²) in [6.07, 6.45) is 3.50. The monoisotopic (exact) mass is 258 g/mol. The van der Waals surface area contributed by atoms with Crippen molar-refractivity contribution in [2.45, 2.75) is 53.4 Å². The molecule has 0 atom stereocenters. The molecule has 0 saturated carbocycles. The van der Waals surface area contributed by atoms with Gasteiger partial charge in [0.2, 0.25) is 0 Å². The van der Waals surface area contributed by atoms with Crippen LogP contribution in [0.5, 0.6) is 0 Å². The van der Waals surface area contributed by atoms with Crippen LogP contribution >= 0.6 is 0 Å². The summed E-state index contributed by atoms with van der Waals surface area (Å²) >= 11 is 0. The van der Waals surface area contributed by atoms with Gasteiger partial charge in [0, 0.05) is 0 Å². The van der Waals surface area contributed by atoms with Crippen LogP contribution < -0.4 is 0 Å². The first kappa shape index (κ1) is 16.9. The van der Waals surface area contributed by atoms with Crippen molar-refractivity contribution in [1.82, 2.24) is 0 Å². The van der Waals surface area contributed by atoms with Crippen LogP contribution in [0.2, 0.25) is 0 Å². The van der Waals surface area contributed by atoms with E-state index in [4.69, 9.17) is 9.47 Å². The van der Waals surface area contributed by atoms with Gasteiger partial charge in [0.1, 0.15) is 0 Å². The number of carbonyl (C=O) groups excluding carboxylic acids is 2. The highest BCUT2D eigenvalue weighted by molar-refractivity contribution is 5.94. The molecule has 0 aliphatic heterocycles. The molecule has 0 aliphatic carbocycles. The highest BCUT2D eigenvalue weighted by Crippen LogP contribution is 2.16. The van der Waals surface area contributed by atoms with Crippen molar-refractivity contribution in [3.05, 3.63) is 0 Å². The number of unbranched alkanes of at least 4 members (excludes halogenated alkanes) is 1. The van der Waals surface area contributed by atoms with E-state index >= 15 is 0 Å². The molecule has 0 aromatic rings. The lowest BCUT2D eigenvalue weighted by Crippen LogP contribution is -2.28. The standard InChI is InChI=1S/C14H26O4/c1-5-17-13(15)12(14(16)18-6-2)10-8-7-9-11(3)4/h11-12H,5-10H2,1-4H3. The molecule has 0 amide bonds. The third kappa shape index (κ3) is 7.30. The maximum Gasteiger partial charge on any atom is 0.320 e. The largest absolute Gasteiger partial charge is 0.465 e. The fourth-order valence-corrected chi connectivity index (χ4v) is 1.72. The minimum atomic E-state index is -0.753. The summed E-state index contributed by atoms with van der Waals surface area (Å²) in [6.45, 7) is 8.38. The summed E-state index contributed by atoms with van der Waals surface area (Å²) in [5, 5.41) is 0. The van der Waals surface area contributed by atoms with Gasteiger partial charge < -0.3 is 9.47 Å². The van der Waals surface area contributed by atoms with E-state index in [2.05, 4.69) is 13.8 Å². The molecule has 0 radical (unpaired) electrons. The summed E-state index contributed by atoms with van der Waals surface area (Å²) in [5.41, 5.74) is 0. The lowest BCUT2D eigenvalue weighted by molar-refractivity contribution is -0.161. The van der Waals surface area contributed by atoms with Crippen LogP contribution in [-0.2, 0) is 19.1 Å². The highest BCUT2D eigenvalue weighted by Gasteiger charge is 2.28. The van der Waals surface area contributed by atoms with Gasteiger partial charge in [0.25, 0.3) is 0 Å². The predicted octanol–water partition coefficient (Wildman–Crippen LogP) is 2.95. The van der Waals surface area contributed by atoms with E-state index in [0.717, 1.165) is 19.3 Å². The third-order valence-corrected chi connectivity index (χ3v) is 2.67. The van der Waals surface area contributed by atoms with Gasteiger partial charge in [-0.1, -0.05) is 33.1 Å². The van der Waals surface area contributed by atoms with Crippen molar-refractivity contribution in [3.8, 4) is 0 Å². The van der Waals surface area contributed by atoms with Crippen molar-refractivity contribution in [2.24, 2.45) is 11.8 Å². The quantitative estimate of drug-likeness (QED) is 0.362. The molecule has 4 nitrogen and oxygen atoms in total. The number of rotatable bonds is 9. The van der Waals surface area contributed by atoms with Crippen LogP contribution in [0.1, 0.15) is 53.4 Å². The van der Waals surface area contributed by atoms with E-state index in [1.807, 2.05) is 0 Å². The molecular weight excluding hydrogens is 232 g/mol. The topological polar surface area (TPSA) is 52.6 Å².